The molecule has 0 spiro atoms. The lowest BCUT2D eigenvalue weighted by Crippen LogP contribution is -2.49. The third-order valence-corrected chi connectivity index (χ3v) is 5.21. The van der Waals surface area contributed by atoms with Crippen molar-refractivity contribution >= 4 is 0 Å². The van der Waals surface area contributed by atoms with Crippen LogP contribution >= 0.6 is 0 Å². The van der Waals surface area contributed by atoms with Gasteiger partial charge in [0.1, 0.15) is 0 Å². The second-order valence-corrected chi connectivity index (χ2v) is 7.44. The lowest BCUT2D eigenvalue weighted by atomic mass is 9.67. The summed E-state index contributed by atoms with van der Waals surface area (Å²) in [5.74, 6) is 1.53. The van der Waals surface area contributed by atoms with Crippen LogP contribution in [0.2, 0.25) is 0 Å². The Kier molecular flexibility index (Phi) is 5.27. The molecule has 1 heterocycles. The molecule has 2 N–H and O–H groups in total. The van der Waals surface area contributed by atoms with Crippen LogP contribution in [0.5, 0.6) is 0 Å². The monoisotopic (exact) mass is 268 g/mol. The van der Waals surface area contributed by atoms with Crippen molar-refractivity contribution in [2.24, 2.45) is 23.0 Å². The molecule has 2 fully saturated rings. The standard InChI is InChI=1S/C16H32N2O/c1-16(2,3)14-6-5-13(12-17)15(11-14)18-7-4-9-19-10-8-18/h13-15H,4-12,17H2,1-3H3. The van der Waals surface area contributed by atoms with E-state index >= 15 is 0 Å². The maximum absolute atomic E-state index is 6.04. The third-order valence-electron chi connectivity index (χ3n) is 5.21. The van der Waals surface area contributed by atoms with Gasteiger partial charge in [-0.3, -0.25) is 4.90 Å². The molecule has 3 nitrogen and oxygen atoms in total. The van der Waals surface area contributed by atoms with Crippen LogP contribution in [0.25, 0.3) is 0 Å². The van der Waals surface area contributed by atoms with E-state index in [4.69, 9.17) is 10.5 Å². The van der Waals surface area contributed by atoms with Crippen molar-refractivity contribution in [1.29, 1.82) is 0 Å². The van der Waals surface area contributed by atoms with Crippen molar-refractivity contribution in [2.45, 2.75) is 52.5 Å². The van der Waals surface area contributed by atoms with Gasteiger partial charge in [0, 0.05) is 25.7 Å². The fourth-order valence-electron chi connectivity index (χ4n) is 3.82. The van der Waals surface area contributed by atoms with E-state index < -0.39 is 0 Å². The second kappa shape index (κ2) is 6.55. The van der Waals surface area contributed by atoms with Gasteiger partial charge in [-0.05, 0) is 49.5 Å². The molecule has 0 aromatic rings. The second-order valence-electron chi connectivity index (χ2n) is 7.44. The fourth-order valence-corrected chi connectivity index (χ4v) is 3.82. The van der Waals surface area contributed by atoms with Crippen LogP contribution in [0.3, 0.4) is 0 Å². The molecule has 1 saturated carbocycles. The molecule has 2 aliphatic rings. The smallest absolute Gasteiger partial charge is 0.0593 e. The highest BCUT2D eigenvalue weighted by Crippen LogP contribution is 2.41. The van der Waals surface area contributed by atoms with Crippen molar-refractivity contribution in [3.05, 3.63) is 0 Å². The normalized spacial score (nSPS) is 35.1. The van der Waals surface area contributed by atoms with Gasteiger partial charge in [-0.15, -0.1) is 0 Å². The first-order valence-corrected chi connectivity index (χ1v) is 8.04. The Labute approximate surface area is 118 Å². The molecule has 1 aliphatic heterocycles. The summed E-state index contributed by atoms with van der Waals surface area (Å²) in [6.07, 6.45) is 5.16. The average Bonchev–Trinajstić information content (AvgIpc) is 2.65. The third kappa shape index (κ3) is 3.93. The van der Waals surface area contributed by atoms with Gasteiger partial charge in [0.15, 0.2) is 0 Å². The Morgan fingerprint density at radius 2 is 1.95 bits per heavy atom. The molecule has 0 bridgehead atoms. The van der Waals surface area contributed by atoms with Crippen LogP contribution in [0.4, 0.5) is 0 Å². The SMILES string of the molecule is CC(C)(C)C1CCC(CN)C(N2CCCOCC2)C1. The molecule has 3 unspecified atom stereocenters. The van der Waals surface area contributed by atoms with E-state index in [1.807, 2.05) is 0 Å². The largest absolute Gasteiger partial charge is 0.380 e. The number of nitrogens with two attached hydrogens (primary N) is 1. The van der Waals surface area contributed by atoms with E-state index in [0.717, 1.165) is 32.2 Å². The zero-order chi connectivity index (χ0) is 13.9. The lowest BCUT2D eigenvalue weighted by Gasteiger charge is -2.45. The van der Waals surface area contributed by atoms with Crippen molar-refractivity contribution in [3.63, 3.8) is 0 Å². The summed E-state index contributed by atoms with van der Waals surface area (Å²) in [5.41, 5.74) is 6.47. The Hall–Kier alpha value is -0.120. The summed E-state index contributed by atoms with van der Waals surface area (Å²) < 4.78 is 5.61. The molecule has 0 amide bonds. The molecule has 0 radical (unpaired) electrons. The zero-order valence-corrected chi connectivity index (χ0v) is 13.0. The molecular formula is C16H32N2O. The maximum atomic E-state index is 6.04. The lowest BCUT2D eigenvalue weighted by molar-refractivity contribution is 0.0426. The van der Waals surface area contributed by atoms with Gasteiger partial charge in [0.05, 0.1) is 6.61 Å². The van der Waals surface area contributed by atoms with Gasteiger partial charge < -0.3 is 10.5 Å². The number of nitrogens with zero attached hydrogens (tertiary/aromatic N) is 1. The van der Waals surface area contributed by atoms with Gasteiger partial charge in [0.2, 0.25) is 0 Å². The van der Waals surface area contributed by atoms with E-state index in [1.165, 1.54) is 32.2 Å². The van der Waals surface area contributed by atoms with Gasteiger partial charge in [-0.1, -0.05) is 20.8 Å². The van der Waals surface area contributed by atoms with E-state index in [9.17, 15) is 0 Å². The van der Waals surface area contributed by atoms with Gasteiger partial charge in [0.25, 0.3) is 0 Å². The van der Waals surface area contributed by atoms with Crippen molar-refractivity contribution in [1.82, 2.24) is 4.90 Å². The highest BCUT2D eigenvalue weighted by molar-refractivity contribution is 4.91. The van der Waals surface area contributed by atoms with Crippen LogP contribution in [-0.2, 0) is 4.74 Å². The number of hydrogen-bond acceptors (Lipinski definition) is 3. The predicted octanol–water partition coefficient (Wildman–Crippen LogP) is 2.50. The first-order chi connectivity index (χ1) is 9.02. The van der Waals surface area contributed by atoms with Gasteiger partial charge in [-0.2, -0.15) is 0 Å². The quantitative estimate of drug-likeness (QED) is 0.836. The highest BCUT2D eigenvalue weighted by Gasteiger charge is 2.37. The topological polar surface area (TPSA) is 38.5 Å². The molecule has 2 rings (SSSR count). The molecular weight excluding hydrogens is 236 g/mol. The van der Waals surface area contributed by atoms with Crippen molar-refractivity contribution in [2.75, 3.05) is 32.8 Å². The first-order valence-electron chi connectivity index (χ1n) is 8.04. The Morgan fingerprint density at radius 1 is 1.16 bits per heavy atom. The molecule has 3 heteroatoms. The number of ether oxygens (including phenoxy) is 1. The summed E-state index contributed by atoms with van der Waals surface area (Å²) in [4.78, 5) is 2.67. The Morgan fingerprint density at radius 3 is 2.63 bits per heavy atom. The van der Waals surface area contributed by atoms with E-state index in [-0.39, 0.29) is 0 Å². The van der Waals surface area contributed by atoms with Crippen molar-refractivity contribution in [3.8, 4) is 0 Å². The van der Waals surface area contributed by atoms with E-state index in [2.05, 4.69) is 25.7 Å². The fraction of sp³-hybridized carbons (Fsp3) is 1.00. The van der Waals surface area contributed by atoms with Gasteiger partial charge in [-0.25, -0.2) is 0 Å². The molecule has 0 aromatic heterocycles. The minimum absolute atomic E-state index is 0.431. The van der Waals surface area contributed by atoms with Crippen LogP contribution in [0.15, 0.2) is 0 Å². The Balaban J connectivity index is 2.04. The summed E-state index contributed by atoms with van der Waals surface area (Å²) in [6, 6.07) is 0.685. The first kappa shape index (κ1) is 15.3. The summed E-state index contributed by atoms with van der Waals surface area (Å²) in [5, 5.41) is 0. The molecule has 0 aromatic carbocycles. The molecule has 19 heavy (non-hydrogen) atoms. The number of hydrogen-bond donors (Lipinski definition) is 1. The molecule has 3 atom stereocenters. The Bertz CT molecular complexity index is 266. The van der Waals surface area contributed by atoms with Gasteiger partial charge >= 0.3 is 0 Å². The number of rotatable bonds is 2. The average molecular weight is 268 g/mol. The maximum Gasteiger partial charge on any atom is 0.0593 e. The molecule has 112 valence electrons. The van der Waals surface area contributed by atoms with Crippen LogP contribution < -0.4 is 5.73 Å². The summed E-state index contributed by atoms with van der Waals surface area (Å²) >= 11 is 0. The predicted molar refractivity (Wildman–Crippen MR) is 80.1 cm³/mol. The highest BCUT2D eigenvalue weighted by atomic mass is 16.5. The van der Waals surface area contributed by atoms with Crippen LogP contribution in [-0.4, -0.2) is 43.8 Å². The summed E-state index contributed by atoms with van der Waals surface area (Å²) in [6.45, 7) is 12.1. The molecule has 1 aliphatic carbocycles. The molecule has 1 saturated heterocycles. The minimum atomic E-state index is 0.431. The van der Waals surface area contributed by atoms with E-state index in [0.29, 0.717) is 17.4 Å². The van der Waals surface area contributed by atoms with Crippen LogP contribution in [0.1, 0.15) is 46.5 Å². The van der Waals surface area contributed by atoms with Crippen LogP contribution in [0, 0.1) is 17.3 Å². The van der Waals surface area contributed by atoms with E-state index in [1.54, 1.807) is 0 Å². The zero-order valence-electron chi connectivity index (χ0n) is 13.0. The van der Waals surface area contributed by atoms with Crippen molar-refractivity contribution < 1.29 is 4.74 Å². The summed E-state index contributed by atoms with van der Waals surface area (Å²) in [7, 11) is 0. The minimum Gasteiger partial charge on any atom is -0.380 e.